The maximum Gasteiger partial charge on any atom is 0.244 e. The minimum Gasteiger partial charge on any atom is -0.378 e. The second kappa shape index (κ2) is 9.03. The number of ether oxygens (including phenoxy) is 1. The van der Waals surface area contributed by atoms with E-state index in [1.807, 2.05) is 12.1 Å². The average Bonchev–Trinajstić information content (AvgIpc) is 2.68. The molecule has 0 saturated carbocycles. The number of aromatic nitrogens is 1. The van der Waals surface area contributed by atoms with Crippen molar-refractivity contribution in [3.63, 3.8) is 0 Å². The van der Waals surface area contributed by atoms with E-state index in [1.165, 1.54) is 6.08 Å². The highest BCUT2D eigenvalue weighted by atomic mass is 35.5. The van der Waals surface area contributed by atoms with E-state index in [-0.39, 0.29) is 5.91 Å². The number of nitrogens with zero attached hydrogens (tertiary/aromatic N) is 2. The van der Waals surface area contributed by atoms with Crippen LogP contribution in [0.5, 0.6) is 0 Å². The van der Waals surface area contributed by atoms with E-state index in [9.17, 15) is 4.79 Å². The predicted octanol–water partition coefficient (Wildman–Crippen LogP) is 3.55. The lowest BCUT2D eigenvalue weighted by Crippen LogP contribution is -2.37. The fraction of sp³-hybridized carbons (Fsp3) is 0.263. The van der Waals surface area contributed by atoms with Gasteiger partial charge in [-0.05, 0) is 35.9 Å². The number of morpholine rings is 1. The van der Waals surface area contributed by atoms with Crippen LogP contribution in [0.1, 0.15) is 11.1 Å². The molecule has 1 amide bonds. The predicted molar refractivity (Wildman–Crippen MR) is 105 cm³/mol. The Labute approximate surface area is 162 Å². The van der Waals surface area contributed by atoms with Gasteiger partial charge < -0.3 is 15.0 Å². The molecule has 3 rings (SSSR count). The van der Waals surface area contributed by atoms with Crippen LogP contribution in [0.4, 0.5) is 5.82 Å². The van der Waals surface area contributed by atoms with Gasteiger partial charge in [0.1, 0.15) is 5.82 Å². The first-order valence-electron chi connectivity index (χ1n) is 8.31. The van der Waals surface area contributed by atoms with Crippen molar-refractivity contribution >= 4 is 41.0 Å². The number of carbonyl (C=O) groups excluding carboxylic acids is 1. The Kier molecular flexibility index (Phi) is 6.50. The zero-order chi connectivity index (χ0) is 18.4. The SMILES string of the molecule is O=C(/C=C/c1cc(Cl)ccc1Cl)NCc1cccnc1N1CCOCC1. The van der Waals surface area contributed by atoms with Crippen molar-refractivity contribution in [2.45, 2.75) is 6.54 Å². The zero-order valence-corrected chi connectivity index (χ0v) is 15.6. The molecule has 0 spiro atoms. The van der Waals surface area contributed by atoms with Crippen molar-refractivity contribution in [2.24, 2.45) is 0 Å². The molecule has 0 radical (unpaired) electrons. The van der Waals surface area contributed by atoms with E-state index >= 15 is 0 Å². The molecule has 1 aromatic heterocycles. The fourth-order valence-electron chi connectivity index (χ4n) is 2.68. The molecular weight excluding hydrogens is 373 g/mol. The summed E-state index contributed by atoms with van der Waals surface area (Å²) in [6.07, 6.45) is 4.86. The Morgan fingerprint density at radius 3 is 2.88 bits per heavy atom. The molecule has 0 unspecified atom stereocenters. The third kappa shape index (κ3) is 4.97. The maximum absolute atomic E-state index is 12.1. The number of hydrogen-bond acceptors (Lipinski definition) is 4. The third-order valence-electron chi connectivity index (χ3n) is 4.00. The van der Waals surface area contributed by atoms with Gasteiger partial charge in [-0.1, -0.05) is 29.3 Å². The molecule has 1 aliphatic rings. The second-order valence-electron chi connectivity index (χ2n) is 5.80. The lowest BCUT2D eigenvalue weighted by molar-refractivity contribution is -0.116. The van der Waals surface area contributed by atoms with E-state index in [2.05, 4.69) is 15.2 Å². The van der Waals surface area contributed by atoms with E-state index in [4.69, 9.17) is 27.9 Å². The highest BCUT2D eigenvalue weighted by Crippen LogP contribution is 2.22. The Morgan fingerprint density at radius 1 is 1.27 bits per heavy atom. The molecule has 1 N–H and O–H groups in total. The maximum atomic E-state index is 12.1. The number of amides is 1. The third-order valence-corrected chi connectivity index (χ3v) is 4.58. The molecule has 2 heterocycles. The summed E-state index contributed by atoms with van der Waals surface area (Å²) in [6, 6.07) is 8.95. The van der Waals surface area contributed by atoms with Crippen LogP contribution < -0.4 is 10.2 Å². The lowest BCUT2D eigenvalue weighted by Gasteiger charge is -2.29. The standard InChI is InChI=1S/C19H19Cl2N3O2/c20-16-4-5-17(21)14(12-16)3-6-18(25)23-13-15-2-1-7-22-19(15)24-8-10-26-11-9-24/h1-7,12H,8-11,13H2,(H,23,25)/b6-3+. The molecule has 1 fully saturated rings. The van der Waals surface area contributed by atoms with Gasteiger partial charge in [0.25, 0.3) is 0 Å². The monoisotopic (exact) mass is 391 g/mol. The topological polar surface area (TPSA) is 54.5 Å². The number of pyridine rings is 1. The van der Waals surface area contributed by atoms with Crippen LogP contribution in [-0.4, -0.2) is 37.2 Å². The van der Waals surface area contributed by atoms with Crippen molar-refractivity contribution in [3.8, 4) is 0 Å². The molecule has 0 atom stereocenters. The summed E-state index contributed by atoms with van der Waals surface area (Å²) in [5.41, 5.74) is 1.67. The number of halogens is 2. The van der Waals surface area contributed by atoms with Gasteiger partial charge >= 0.3 is 0 Å². The molecule has 2 aromatic rings. The molecule has 5 nitrogen and oxygen atoms in total. The number of anilines is 1. The number of hydrogen-bond donors (Lipinski definition) is 1. The average molecular weight is 392 g/mol. The first-order valence-corrected chi connectivity index (χ1v) is 9.06. The van der Waals surface area contributed by atoms with Crippen molar-refractivity contribution in [2.75, 3.05) is 31.2 Å². The number of rotatable bonds is 5. The Morgan fingerprint density at radius 2 is 2.08 bits per heavy atom. The molecule has 1 aliphatic heterocycles. The molecule has 0 aliphatic carbocycles. The summed E-state index contributed by atoms with van der Waals surface area (Å²) in [5, 5.41) is 3.99. The Balaban J connectivity index is 1.63. The lowest BCUT2D eigenvalue weighted by atomic mass is 10.2. The largest absolute Gasteiger partial charge is 0.378 e. The fourth-order valence-corrected chi connectivity index (χ4v) is 3.04. The van der Waals surface area contributed by atoms with Crippen LogP contribution in [0.3, 0.4) is 0 Å². The molecule has 1 saturated heterocycles. The molecule has 26 heavy (non-hydrogen) atoms. The minimum atomic E-state index is -0.210. The van der Waals surface area contributed by atoms with Crippen LogP contribution in [-0.2, 0) is 16.1 Å². The Hall–Kier alpha value is -2.08. The summed E-state index contributed by atoms with van der Waals surface area (Å²) in [6.45, 7) is 3.36. The molecular formula is C19H19Cl2N3O2. The van der Waals surface area contributed by atoms with Crippen LogP contribution in [0.15, 0.2) is 42.6 Å². The Bertz CT molecular complexity index is 805. The van der Waals surface area contributed by atoms with Gasteiger partial charge in [0.15, 0.2) is 0 Å². The van der Waals surface area contributed by atoms with Crippen molar-refractivity contribution in [1.29, 1.82) is 0 Å². The van der Waals surface area contributed by atoms with Crippen molar-refractivity contribution < 1.29 is 9.53 Å². The highest BCUT2D eigenvalue weighted by molar-refractivity contribution is 6.34. The number of carbonyl (C=O) groups is 1. The van der Waals surface area contributed by atoms with Gasteiger partial charge in [-0.2, -0.15) is 0 Å². The van der Waals surface area contributed by atoms with Gasteiger partial charge in [0, 0.05) is 47.5 Å². The first-order chi connectivity index (χ1) is 12.6. The summed E-state index contributed by atoms with van der Waals surface area (Å²) >= 11 is 12.0. The quantitative estimate of drug-likeness (QED) is 0.791. The van der Waals surface area contributed by atoms with Gasteiger partial charge in [-0.3, -0.25) is 4.79 Å². The van der Waals surface area contributed by atoms with Crippen molar-refractivity contribution in [1.82, 2.24) is 10.3 Å². The normalized spacial score (nSPS) is 14.6. The van der Waals surface area contributed by atoms with Gasteiger partial charge in [0.2, 0.25) is 5.91 Å². The first kappa shape index (κ1) is 18.7. The van der Waals surface area contributed by atoms with Gasteiger partial charge in [-0.25, -0.2) is 4.98 Å². The van der Waals surface area contributed by atoms with Crippen LogP contribution in [0.2, 0.25) is 10.0 Å². The summed E-state index contributed by atoms with van der Waals surface area (Å²) < 4.78 is 5.38. The van der Waals surface area contributed by atoms with Gasteiger partial charge in [-0.15, -0.1) is 0 Å². The van der Waals surface area contributed by atoms with Crippen LogP contribution in [0, 0.1) is 0 Å². The molecule has 136 valence electrons. The van der Waals surface area contributed by atoms with E-state index < -0.39 is 0 Å². The highest BCUT2D eigenvalue weighted by Gasteiger charge is 2.15. The van der Waals surface area contributed by atoms with E-state index in [0.29, 0.717) is 35.4 Å². The van der Waals surface area contributed by atoms with Crippen molar-refractivity contribution in [3.05, 3.63) is 63.8 Å². The molecule has 0 bridgehead atoms. The minimum absolute atomic E-state index is 0.210. The second-order valence-corrected chi connectivity index (χ2v) is 6.65. The smallest absolute Gasteiger partial charge is 0.244 e. The molecule has 7 heteroatoms. The summed E-state index contributed by atoms with van der Waals surface area (Å²) in [4.78, 5) is 18.8. The number of nitrogens with one attached hydrogen (secondary N) is 1. The summed E-state index contributed by atoms with van der Waals surface area (Å²) in [5.74, 6) is 0.677. The molecule has 1 aromatic carbocycles. The van der Waals surface area contributed by atoms with Gasteiger partial charge in [0.05, 0.1) is 13.2 Å². The van der Waals surface area contributed by atoms with Crippen LogP contribution in [0.25, 0.3) is 6.08 Å². The zero-order valence-electron chi connectivity index (χ0n) is 14.1. The summed E-state index contributed by atoms with van der Waals surface area (Å²) in [7, 11) is 0. The number of benzene rings is 1. The van der Waals surface area contributed by atoms with Crippen LogP contribution >= 0.6 is 23.2 Å². The van der Waals surface area contributed by atoms with E-state index in [1.54, 1.807) is 30.5 Å². The van der Waals surface area contributed by atoms with E-state index in [0.717, 1.165) is 24.5 Å².